The molecular weight excluding hydrogens is 294 g/mol. The number of carbonyl (C=O) groups is 2. The third kappa shape index (κ3) is 5.39. The molecule has 1 aromatic carbocycles. The van der Waals surface area contributed by atoms with E-state index < -0.39 is 28.3 Å². The highest BCUT2D eigenvalue weighted by Crippen LogP contribution is 2.11. The summed E-state index contributed by atoms with van der Waals surface area (Å²) in [4.78, 5) is 23.8. The van der Waals surface area contributed by atoms with Crippen LogP contribution in [-0.2, 0) is 19.4 Å². The van der Waals surface area contributed by atoms with Gasteiger partial charge in [0, 0.05) is 13.0 Å². The first-order valence-electron chi connectivity index (χ1n) is 6.25. The third-order valence-electron chi connectivity index (χ3n) is 2.72. The van der Waals surface area contributed by atoms with E-state index in [2.05, 4.69) is 6.58 Å². The summed E-state index contributed by atoms with van der Waals surface area (Å²) >= 11 is 0. The monoisotopic (exact) mass is 311 g/mol. The number of carboxylic acids is 1. The summed E-state index contributed by atoms with van der Waals surface area (Å²) < 4.78 is 24.1. The number of rotatable bonds is 8. The topological polar surface area (TPSA) is 91.8 Å². The first kappa shape index (κ1) is 16.9. The van der Waals surface area contributed by atoms with Gasteiger partial charge in [-0.05, 0) is 12.1 Å². The van der Waals surface area contributed by atoms with Gasteiger partial charge in [-0.2, -0.15) is 0 Å². The van der Waals surface area contributed by atoms with Crippen molar-refractivity contribution in [2.45, 2.75) is 11.3 Å². The van der Waals surface area contributed by atoms with Gasteiger partial charge in [-0.3, -0.25) is 9.59 Å². The molecule has 0 fully saturated rings. The fraction of sp³-hybridized carbons (Fsp3) is 0.286. The van der Waals surface area contributed by atoms with E-state index in [-0.39, 0.29) is 23.6 Å². The van der Waals surface area contributed by atoms with Gasteiger partial charge in [-0.1, -0.05) is 24.3 Å². The Labute approximate surface area is 123 Å². The van der Waals surface area contributed by atoms with Crippen molar-refractivity contribution in [3.05, 3.63) is 43.0 Å². The second-order valence-corrected chi connectivity index (χ2v) is 6.45. The lowest BCUT2D eigenvalue weighted by Gasteiger charge is -2.18. The van der Waals surface area contributed by atoms with Crippen LogP contribution in [0, 0.1) is 0 Å². The molecule has 21 heavy (non-hydrogen) atoms. The number of aliphatic carboxylic acids is 1. The molecule has 0 aliphatic carbocycles. The Balaban J connectivity index is 2.70. The summed E-state index contributed by atoms with van der Waals surface area (Å²) in [6.07, 6.45) is 1.13. The predicted octanol–water partition coefficient (Wildman–Crippen LogP) is 0.950. The van der Waals surface area contributed by atoms with Crippen molar-refractivity contribution >= 4 is 21.7 Å². The summed E-state index contributed by atoms with van der Waals surface area (Å²) in [7, 11) is -3.55. The standard InChI is InChI=1S/C14H17NO5S/c1-2-9-15(11-14(17)18)13(16)8-10-21(19,20)12-6-4-3-5-7-12/h2-7H,1,8-11H2,(H,17,18). The smallest absolute Gasteiger partial charge is 0.323 e. The van der Waals surface area contributed by atoms with Crippen LogP contribution in [0.15, 0.2) is 47.9 Å². The van der Waals surface area contributed by atoms with Gasteiger partial charge in [0.05, 0.1) is 10.6 Å². The number of nitrogens with zero attached hydrogens (tertiary/aromatic N) is 1. The molecule has 0 spiro atoms. The van der Waals surface area contributed by atoms with Gasteiger partial charge >= 0.3 is 5.97 Å². The predicted molar refractivity (Wildman–Crippen MR) is 77.5 cm³/mol. The van der Waals surface area contributed by atoms with E-state index in [0.717, 1.165) is 4.90 Å². The summed E-state index contributed by atoms with van der Waals surface area (Å²) in [5.41, 5.74) is 0. The van der Waals surface area contributed by atoms with Crippen LogP contribution >= 0.6 is 0 Å². The van der Waals surface area contributed by atoms with E-state index in [1.54, 1.807) is 18.2 Å². The van der Waals surface area contributed by atoms with Crippen molar-refractivity contribution in [2.75, 3.05) is 18.8 Å². The van der Waals surface area contributed by atoms with E-state index in [1.807, 2.05) is 0 Å². The Hall–Kier alpha value is -2.15. The van der Waals surface area contributed by atoms with Crippen molar-refractivity contribution in [3.8, 4) is 0 Å². The van der Waals surface area contributed by atoms with Gasteiger partial charge in [-0.25, -0.2) is 8.42 Å². The lowest BCUT2D eigenvalue weighted by Crippen LogP contribution is -2.36. The van der Waals surface area contributed by atoms with Gasteiger partial charge in [0.2, 0.25) is 5.91 Å². The summed E-state index contributed by atoms with van der Waals surface area (Å²) in [5, 5.41) is 8.72. The molecule has 1 rings (SSSR count). The highest BCUT2D eigenvalue weighted by atomic mass is 32.2. The molecule has 0 saturated heterocycles. The summed E-state index contributed by atoms with van der Waals surface area (Å²) in [5.74, 6) is -2.05. The normalized spacial score (nSPS) is 10.9. The molecule has 0 aliphatic rings. The molecule has 1 aromatic rings. The van der Waals surface area contributed by atoms with Crippen molar-refractivity contribution in [3.63, 3.8) is 0 Å². The Bertz CT molecular complexity index is 610. The Morgan fingerprint density at radius 3 is 2.38 bits per heavy atom. The van der Waals surface area contributed by atoms with E-state index in [4.69, 9.17) is 5.11 Å². The van der Waals surface area contributed by atoms with Crippen molar-refractivity contribution in [1.82, 2.24) is 4.90 Å². The minimum absolute atomic E-state index is 0.0660. The second kappa shape index (κ2) is 7.58. The van der Waals surface area contributed by atoms with Crippen LogP contribution in [0.25, 0.3) is 0 Å². The van der Waals surface area contributed by atoms with E-state index in [0.29, 0.717) is 0 Å². The van der Waals surface area contributed by atoms with Gasteiger partial charge in [0.25, 0.3) is 0 Å². The van der Waals surface area contributed by atoms with Gasteiger partial charge in [0.1, 0.15) is 6.54 Å². The highest BCUT2D eigenvalue weighted by Gasteiger charge is 2.20. The third-order valence-corrected chi connectivity index (χ3v) is 4.45. The molecule has 6 nitrogen and oxygen atoms in total. The fourth-order valence-corrected chi connectivity index (χ4v) is 2.95. The molecule has 1 amide bonds. The maximum absolute atomic E-state index is 12.0. The molecule has 1 N–H and O–H groups in total. The zero-order chi connectivity index (χ0) is 15.9. The molecule has 0 radical (unpaired) electrons. The minimum atomic E-state index is -3.55. The number of benzene rings is 1. The Morgan fingerprint density at radius 1 is 1.24 bits per heavy atom. The van der Waals surface area contributed by atoms with Gasteiger partial charge in [0.15, 0.2) is 9.84 Å². The maximum Gasteiger partial charge on any atom is 0.323 e. The zero-order valence-corrected chi connectivity index (χ0v) is 12.3. The highest BCUT2D eigenvalue weighted by molar-refractivity contribution is 7.91. The maximum atomic E-state index is 12.0. The molecule has 0 aliphatic heterocycles. The zero-order valence-electron chi connectivity index (χ0n) is 11.4. The van der Waals surface area contributed by atoms with Crippen molar-refractivity contribution in [2.24, 2.45) is 0 Å². The van der Waals surface area contributed by atoms with Gasteiger partial charge < -0.3 is 10.0 Å². The number of hydrogen-bond acceptors (Lipinski definition) is 4. The average molecular weight is 311 g/mol. The molecule has 0 unspecified atom stereocenters. The molecule has 0 aromatic heterocycles. The largest absolute Gasteiger partial charge is 0.480 e. The quantitative estimate of drug-likeness (QED) is 0.722. The fourth-order valence-electron chi connectivity index (χ4n) is 1.70. The molecule has 114 valence electrons. The first-order valence-corrected chi connectivity index (χ1v) is 7.90. The van der Waals surface area contributed by atoms with E-state index >= 15 is 0 Å². The average Bonchev–Trinajstić information content (AvgIpc) is 2.45. The van der Waals surface area contributed by atoms with Crippen LogP contribution in [0.4, 0.5) is 0 Å². The van der Waals surface area contributed by atoms with Crippen LogP contribution in [-0.4, -0.2) is 49.1 Å². The second-order valence-electron chi connectivity index (χ2n) is 4.34. The lowest BCUT2D eigenvalue weighted by atomic mass is 10.3. The number of hydrogen-bond donors (Lipinski definition) is 1. The minimum Gasteiger partial charge on any atom is -0.480 e. The Morgan fingerprint density at radius 2 is 1.86 bits per heavy atom. The van der Waals surface area contributed by atoms with Crippen LogP contribution in [0.5, 0.6) is 0 Å². The first-order chi connectivity index (χ1) is 9.86. The number of carbonyl (C=O) groups excluding carboxylic acids is 1. The Kier molecular flexibility index (Phi) is 6.10. The number of carboxylic acid groups (broad SMARTS) is 1. The van der Waals surface area contributed by atoms with Crippen LogP contribution < -0.4 is 0 Å². The van der Waals surface area contributed by atoms with Crippen molar-refractivity contribution < 1.29 is 23.1 Å². The van der Waals surface area contributed by atoms with Crippen LogP contribution in [0.3, 0.4) is 0 Å². The van der Waals surface area contributed by atoms with Crippen LogP contribution in [0.1, 0.15) is 6.42 Å². The van der Waals surface area contributed by atoms with Gasteiger partial charge in [-0.15, -0.1) is 6.58 Å². The molecular formula is C14H17NO5S. The molecule has 0 saturated carbocycles. The number of amides is 1. The molecule has 0 bridgehead atoms. The molecule has 0 heterocycles. The number of sulfone groups is 1. The lowest BCUT2D eigenvalue weighted by molar-refractivity contribution is -0.143. The van der Waals surface area contributed by atoms with E-state index in [1.165, 1.54) is 18.2 Å². The SMILES string of the molecule is C=CCN(CC(=O)O)C(=O)CCS(=O)(=O)c1ccccc1. The van der Waals surface area contributed by atoms with E-state index in [9.17, 15) is 18.0 Å². The summed E-state index contributed by atoms with van der Waals surface area (Å²) in [6.45, 7) is 3.03. The van der Waals surface area contributed by atoms with Crippen molar-refractivity contribution in [1.29, 1.82) is 0 Å². The molecule has 0 atom stereocenters. The summed E-state index contributed by atoms with van der Waals surface area (Å²) in [6, 6.07) is 7.81. The van der Waals surface area contributed by atoms with Crippen LogP contribution in [0.2, 0.25) is 0 Å². The molecule has 7 heteroatoms.